The van der Waals surface area contributed by atoms with Gasteiger partial charge in [-0.1, -0.05) is 55.7 Å². The third-order valence-corrected chi connectivity index (χ3v) is 9.53. The van der Waals surface area contributed by atoms with Gasteiger partial charge in [0.15, 0.2) is 0 Å². The van der Waals surface area contributed by atoms with Crippen LogP contribution in [-0.4, -0.2) is 56.9 Å². The van der Waals surface area contributed by atoms with Gasteiger partial charge in [-0.15, -0.1) is 0 Å². The monoisotopic (exact) mass is 523 g/mol. The van der Waals surface area contributed by atoms with Crippen LogP contribution in [0.2, 0.25) is 0 Å². The van der Waals surface area contributed by atoms with Gasteiger partial charge in [0.05, 0.1) is 11.4 Å². The lowest BCUT2D eigenvalue weighted by atomic mass is 9.77. The summed E-state index contributed by atoms with van der Waals surface area (Å²) in [6.07, 6.45) is 15.2. The van der Waals surface area contributed by atoms with Gasteiger partial charge in [0.25, 0.3) is 0 Å². The van der Waals surface area contributed by atoms with E-state index in [1.807, 2.05) is 24.5 Å². The van der Waals surface area contributed by atoms with Gasteiger partial charge in [0, 0.05) is 51.2 Å². The molecule has 1 spiro atoms. The average molecular weight is 524 g/mol. The maximum Gasteiger partial charge on any atom is 0.0544 e. The first-order valence-electron chi connectivity index (χ1n) is 15.3. The number of nitrogens with zero attached hydrogens (tertiary/aromatic N) is 5. The molecule has 2 aliphatic heterocycles. The van der Waals surface area contributed by atoms with E-state index in [0.717, 1.165) is 43.6 Å². The Morgan fingerprint density at radius 3 is 1.92 bits per heavy atom. The second kappa shape index (κ2) is 12.7. The van der Waals surface area contributed by atoms with Crippen LogP contribution in [0, 0.1) is 5.41 Å². The Balaban J connectivity index is 1.02. The first-order valence-corrected chi connectivity index (χ1v) is 15.3. The van der Waals surface area contributed by atoms with E-state index in [4.69, 9.17) is 0 Å². The Bertz CT molecular complexity index is 1090. The molecular formula is C34H45N5. The standard InChI is InChI=1S/C34H45N5/c1-2-10-33(11-3-1)39-22-17-34(18-23-39)16-21-37(28-34)24-29-12-14-30(15-13-29)25-38(26-31-8-4-6-19-35-31)27-32-9-5-7-20-36-32/h4-9,12-15,19-20,33H,1-3,10-11,16-18,21-28H2. The van der Waals surface area contributed by atoms with E-state index < -0.39 is 0 Å². The van der Waals surface area contributed by atoms with Crippen LogP contribution in [0.15, 0.2) is 73.1 Å². The summed E-state index contributed by atoms with van der Waals surface area (Å²) >= 11 is 0. The van der Waals surface area contributed by atoms with E-state index >= 15 is 0 Å². The molecule has 0 amide bonds. The molecule has 0 N–H and O–H groups in total. The molecule has 0 bridgehead atoms. The smallest absolute Gasteiger partial charge is 0.0544 e. The third-order valence-electron chi connectivity index (χ3n) is 9.53. The van der Waals surface area contributed by atoms with Gasteiger partial charge in [0.2, 0.25) is 0 Å². The highest BCUT2D eigenvalue weighted by atomic mass is 15.2. The number of rotatable bonds is 9. The summed E-state index contributed by atoms with van der Waals surface area (Å²) in [7, 11) is 0. The summed E-state index contributed by atoms with van der Waals surface area (Å²) in [4.78, 5) is 17.1. The van der Waals surface area contributed by atoms with Crippen LogP contribution in [0.25, 0.3) is 0 Å². The second-order valence-electron chi connectivity index (χ2n) is 12.4. The largest absolute Gasteiger partial charge is 0.300 e. The van der Waals surface area contributed by atoms with Crippen LogP contribution in [-0.2, 0) is 26.2 Å². The molecule has 1 aromatic carbocycles. The van der Waals surface area contributed by atoms with Gasteiger partial charge in [-0.2, -0.15) is 0 Å². The van der Waals surface area contributed by atoms with E-state index in [9.17, 15) is 0 Å². The predicted octanol–water partition coefficient (Wildman–Crippen LogP) is 6.30. The van der Waals surface area contributed by atoms with Crippen LogP contribution in [0.3, 0.4) is 0 Å². The zero-order valence-corrected chi connectivity index (χ0v) is 23.6. The molecule has 0 radical (unpaired) electrons. The average Bonchev–Trinajstić information content (AvgIpc) is 3.37. The van der Waals surface area contributed by atoms with E-state index in [1.54, 1.807) is 0 Å². The lowest BCUT2D eigenvalue weighted by Gasteiger charge is -2.43. The maximum atomic E-state index is 4.57. The van der Waals surface area contributed by atoms with Crippen molar-refractivity contribution < 1.29 is 0 Å². The third kappa shape index (κ3) is 7.13. The van der Waals surface area contributed by atoms with Gasteiger partial charge in [-0.25, -0.2) is 0 Å². The molecule has 6 rings (SSSR count). The number of aromatic nitrogens is 2. The molecular weight excluding hydrogens is 478 g/mol. The summed E-state index contributed by atoms with van der Waals surface area (Å²) in [5.74, 6) is 0. The summed E-state index contributed by atoms with van der Waals surface area (Å²) in [5.41, 5.74) is 5.55. The highest BCUT2D eigenvalue weighted by Gasteiger charge is 2.41. The van der Waals surface area contributed by atoms with E-state index in [-0.39, 0.29) is 0 Å². The van der Waals surface area contributed by atoms with Crippen molar-refractivity contribution in [3.63, 3.8) is 0 Å². The quantitative estimate of drug-likeness (QED) is 0.329. The molecule has 2 saturated heterocycles. The molecule has 39 heavy (non-hydrogen) atoms. The van der Waals surface area contributed by atoms with Crippen LogP contribution < -0.4 is 0 Å². The Kier molecular flexibility index (Phi) is 8.68. The molecule has 2 aromatic heterocycles. The SMILES string of the molecule is c1ccc(CN(Cc2ccc(CN3CCC4(CCN(C5CCCCC5)CC4)C3)cc2)Cc2ccccn2)nc1. The Labute approximate surface area is 235 Å². The molecule has 0 atom stereocenters. The molecule has 1 aliphatic carbocycles. The molecule has 1 saturated carbocycles. The predicted molar refractivity (Wildman–Crippen MR) is 158 cm³/mol. The van der Waals surface area contributed by atoms with Crippen molar-refractivity contribution in [3.8, 4) is 0 Å². The minimum atomic E-state index is 0.572. The number of pyridine rings is 2. The normalized spacial score (nSPS) is 20.6. The van der Waals surface area contributed by atoms with E-state index in [0.29, 0.717) is 5.41 Å². The van der Waals surface area contributed by atoms with E-state index in [2.05, 4.69) is 73.2 Å². The number of hydrogen-bond acceptors (Lipinski definition) is 5. The Morgan fingerprint density at radius 1 is 0.692 bits per heavy atom. The number of likely N-dealkylation sites (tertiary alicyclic amines) is 2. The van der Waals surface area contributed by atoms with Crippen LogP contribution in [0.5, 0.6) is 0 Å². The highest BCUT2D eigenvalue weighted by molar-refractivity contribution is 5.23. The molecule has 3 fully saturated rings. The first kappa shape index (κ1) is 26.6. The van der Waals surface area contributed by atoms with Gasteiger partial charge < -0.3 is 4.90 Å². The second-order valence-corrected chi connectivity index (χ2v) is 12.4. The lowest BCUT2D eigenvalue weighted by molar-refractivity contribution is 0.0615. The van der Waals surface area contributed by atoms with Crippen molar-refractivity contribution >= 4 is 0 Å². The van der Waals surface area contributed by atoms with Crippen molar-refractivity contribution in [1.82, 2.24) is 24.7 Å². The fourth-order valence-electron chi connectivity index (χ4n) is 7.26. The zero-order valence-electron chi connectivity index (χ0n) is 23.6. The van der Waals surface area contributed by atoms with Crippen LogP contribution in [0.1, 0.15) is 73.9 Å². The molecule has 206 valence electrons. The van der Waals surface area contributed by atoms with Gasteiger partial charge in [0.1, 0.15) is 0 Å². The Hall–Kier alpha value is -2.60. The lowest BCUT2D eigenvalue weighted by Crippen LogP contribution is -2.46. The summed E-state index contributed by atoms with van der Waals surface area (Å²) in [6, 6.07) is 22.6. The molecule has 5 heteroatoms. The summed E-state index contributed by atoms with van der Waals surface area (Å²) in [5, 5.41) is 0. The molecule has 0 unspecified atom stereocenters. The van der Waals surface area contributed by atoms with Crippen molar-refractivity contribution in [2.75, 3.05) is 26.2 Å². The van der Waals surface area contributed by atoms with Crippen LogP contribution >= 0.6 is 0 Å². The van der Waals surface area contributed by atoms with Gasteiger partial charge in [-0.05, 0) is 92.5 Å². The number of hydrogen-bond donors (Lipinski definition) is 0. The minimum Gasteiger partial charge on any atom is -0.300 e. The van der Waals surface area contributed by atoms with Crippen molar-refractivity contribution in [3.05, 3.63) is 95.6 Å². The molecule has 4 heterocycles. The molecule has 3 aliphatic rings. The number of piperidine rings is 1. The van der Waals surface area contributed by atoms with Gasteiger partial charge in [-0.3, -0.25) is 19.8 Å². The molecule has 5 nitrogen and oxygen atoms in total. The number of benzene rings is 1. The zero-order chi connectivity index (χ0) is 26.3. The van der Waals surface area contributed by atoms with Crippen LogP contribution in [0.4, 0.5) is 0 Å². The van der Waals surface area contributed by atoms with Crippen molar-refractivity contribution in [2.24, 2.45) is 5.41 Å². The van der Waals surface area contributed by atoms with E-state index in [1.165, 1.54) is 88.7 Å². The maximum absolute atomic E-state index is 4.57. The van der Waals surface area contributed by atoms with Gasteiger partial charge >= 0.3 is 0 Å². The Morgan fingerprint density at radius 2 is 1.31 bits per heavy atom. The fourth-order valence-corrected chi connectivity index (χ4v) is 7.26. The molecule has 3 aromatic rings. The minimum absolute atomic E-state index is 0.572. The topological polar surface area (TPSA) is 35.5 Å². The van der Waals surface area contributed by atoms with Crippen molar-refractivity contribution in [1.29, 1.82) is 0 Å². The summed E-state index contributed by atoms with van der Waals surface area (Å²) < 4.78 is 0. The van der Waals surface area contributed by atoms with Crippen molar-refractivity contribution in [2.45, 2.75) is 83.6 Å². The highest BCUT2D eigenvalue weighted by Crippen LogP contribution is 2.42. The summed E-state index contributed by atoms with van der Waals surface area (Å²) in [6.45, 7) is 8.81. The first-order chi connectivity index (χ1) is 19.2. The fraction of sp³-hybridized carbons (Fsp3) is 0.529.